The number of hydrazine groups is 1. The number of nitrogens with one attached hydrogen (secondary N) is 1. The predicted octanol–water partition coefficient (Wildman–Crippen LogP) is 2.26. The van der Waals surface area contributed by atoms with Gasteiger partial charge in [-0.1, -0.05) is 0 Å². The summed E-state index contributed by atoms with van der Waals surface area (Å²) in [5.41, 5.74) is 4.19. The quantitative estimate of drug-likeness (QED) is 0.662. The molecule has 6 heteroatoms. The van der Waals surface area contributed by atoms with Gasteiger partial charge in [0.15, 0.2) is 0 Å². The standard InChI is InChI=1S/C13H21N3OS2/c1-9-15-11(7-19-9)12(16-14)10-2-4-17-13(6-10)3-5-18-8-13/h7,10,12,16H,2-6,8,14H2,1H3. The minimum absolute atomic E-state index is 0.105. The van der Waals surface area contributed by atoms with Crippen molar-refractivity contribution in [1.82, 2.24) is 10.4 Å². The third-order valence-corrected chi connectivity index (χ3v) is 6.22. The summed E-state index contributed by atoms with van der Waals surface area (Å²) >= 11 is 3.70. The minimum atomic E-state index is 0.105. The number of rotatable bonds is 3. The molecule has 3 unspecified atom stereocenters. The van der Waals surface area contributed by atoms with Crippen LogP contribution in [0, 0.1) is 12.8 Å². The number of thioether (sulfide) groups is 1. The molecule has 1 aromatic heterocycles. The Balaban J connectivity index is 1.76. The van der Waals surface area contributed by atoms with E-state index in [9.17, 15) is 0 Å². The Hall–Kier alpha value is -0.140. The van der Waals surface area contributed by atoms with Gasteiger partial charge < -0.3 is 4.74 Å². The highest BCUT2D eigenvalue weighted by Gasteiger charge is 2.42. The number of aryl methyl sites for hydroxylation is 1. The molecule has 1 spiro atoms. The molecular weight excluding hydrogens is 278 g/mol. The van der Waals surface area contributed by atoms with Crippen molar-refractivity contribution >= 4 is 23.1 Å². The fourth-order valence-corrected chi connectivity index (χ4v) is 5.23. The summed E-state index contributed by atoms with van der Waals surface area (Å²) in [6, 6.07) is 0.163. The van der Waals surface area contributed by atoms with E-state index >= 15 is 0 Å². The van der Waals surface area contributed by atoms with Gasteiger partial charge in [0.25, 0.3) is 0 Å². The lowest BCUT2D eigenvalue weighted by molar-refractivity contribution is -0.0856. The second-order valence-corrected chi connectivity index (χ2v) is 7.69. The summed E-state index contributed by atoms with van der Waals surface area (Å²) in [5, 5.41) is 3.24. The Bertz CT molecular complexity index is 431. The van der Waals surface area contributed by atoms with Gasteiger partial charge in [-0.15, -0.1) is 11.3 Å². The maximum Gasteiger partial charge on any atom is 0.0898 e. The van der Waals surface area contributed by atoms with E-state index in [1.807, 2.05) is 18.7 Å². The summed E-state index contributed by atoms with van der Waals surface area (Å²) in [4.78, 5) is 4.60. The van der Waals surface area contributed by atoms with Crippen molar-refractivity contribution < 1.29 is 4.74 Å². The second-order valence-electron chi connectivity index (χ2n) is 5.52. The maximum absolute atomic E-state index is 6.09. The summed E-state index contributed by atoms with van der Waals surface area (Å²) in [6.45, 7) is 2.90. The predicted molar refractivity (Wildman–Crippen MR) is 80.3 cm³/mol. The molecule has 3 N–H and O–H groups in total. The number of aromatic nitrogens is 1. The van der Waals surface area contributed by atoms with E-state index in [4.69, 9.17) is 10.6 Å². The molecule has 3 rings (SSSR count). The van der Waals surface area contributed by atoms with Gasteiger partial charge >= 0.3 is 0 Å². The number of ether oxygens (including phenoxy) is 1. The van der Waals surface area contributed by atoms with Crippen molar-refractivity contribution in [2.45, 2.75) is 37.8 Å². The van der Waals surface area contributed by atoms with E-state index in [-0.39, 0.29) is 11.6 Å². The van der Waals surface area contributed by atoms with Crippen LogP contribution in [0.3, 0.4) is 0 Å². The molecule has 0 amide bonds. The van der Waals surface area contributed by atoms with Crippen LogP contribution in [0.5, 0.6) is 0 Å². The third kappa shape index (κ3) is 2.83. The molecule has 3 atom stereocenters. The van der Waals surface area contributed by atoms with Gasteiger partial charge in [-0.05, 0) is 37.9 Å². The van der Waals surface area contributed by atoms with Gasteiger partial charge in [-0.3, -0.25) is 11.3 Å². The van der Waals surface area contributed by atoms with E-state index in [1.54, 1.807) is 11.3 Å². The summed E-state index contributed by atoms with van der Waals surface area (Å²) in [6.07, 6.45) is 3.35. The molecule has 0 radical (unpaired) electrons. The Morgan fingerprint density at radius 1 is 1.63 bits per heavy atom. The largest absolute Gasteiger partial charge is 0.374 e. The molecule has 2 saturated heterocycles. The van der Waals surface area contributed by atoms with Gasteiger partial charge in [-0.25, -0.2) is 4.98 Å². The van der Waals surface area contributed by atoms with Crippen LogP contribution in [0.15, 0.2) is 5.38 Å². The van der Waals surface area contributed by atoms with Crippen molar-refractivity contribution in [3.05, 3.63) is 16.1 Å². The molecule has 0 bridgehead atoms. The maximum atomic E-state index is 6.09. The summed E-state index contributed by atoms with van der Waals surface area (Å²) in [7, 11) is 0. The Labute approximate surface area is 122 Å². The smallest absolute Gasteiger partial charge is 0.0898 e. The van der Waals surface area contributed by atoms with Gasteiger partial charge in [-0.2, -0.15) is 11.8 Å². The lowest BCUT2D eigenvalue weighted by Gasteiger charge is -2.40. The molecule has 2 aliphatic rings. The van der Waals surface area contributed by atoms with Gasteiger partial charge in [0, 0.05) is 17.7 Å². The normalized spacial score (nSPS) is 32.8. The average Bonchev–Trinajstić information content (AvgIpc) is 3.01. The van der Waals surface area contributed by atoms with Crippen LogP contribution in [0.4, 0.5) is 0 Å². The molecule has 0 saturated carbocycles. The highest BCUT2D eigenvalue weighted by molar-refractivity contribution is 7.99. The monoisotopic (exact) mass is 299 g/mol. The summed E-state index contributed by atoms with van der Waals surface area (Å²) < 4.78 is 6.09. The van der Waals surface area contributed by atoms with E-state index in [0.29, 0.717) is 5.92 Å². The van der Waals surface area contributed by atoms with Crippen molar-refractivity contribution in [3.8, 4) is 0 Å². The van der Waals surface area contributed by atoms with Gasteiger partial charge in [0.2, 0.25) is 0 Å². The van der Waals surface area contributed by atoms with Crippen LogP contribution >= 0.6 is 23.1 Å². The SMILES string of the molecule is Cc1nc(C(NN)C2CCOC3(CCSC3)C2)cs1. The van der Waals surface area contributed by atoms with Crippen LogP contribution < -0.4 is 11.3 Å². The van der Waals surface area contributed by atoms with Crippen molar-refractivity contribution in [1.29, 1.82) is 0 Å². The number of nitrogens with zero attached hydrogens (tertiary/aromatic N) is 1. The molecule has 106 valence electrons. The Morgan fingerprint density at radius 3 is 3.16 bits per heavy atom. The second kappa shape index (κ2) is 5.69. The zero-order chi connectivity index (χ0) is 13.3. The van der Waals surface area contributed by atoms with Crippen LogP contribution in [-0.2, 0) is 4.74 Å². The number of hydrogen-bond acceptors (Lipinski definition) is 6. The number of hydrogen-bond donors (Lipinski definition) is 2. The van der Waals surface area contributed by atoms with E-state index in [2.05, 4.69) is 15.8 Å². The lowest BCUT2D eigenvalue weighted by Crippen LogP contribution is -2.45. The Morgan fingerprint density at radius 2 is 2.53 bits per heavy atom. The highest BCUT2D eigenvalue weighted by atomic mass is 32.2. The molecule has 4 nitrogen and oxygen atoms in total. The molecule has 0 aromatic carbocycles. The van der Waals surface area contributed by atoms with E-state index in [0.717, 1.165) is 35.9 Å². The zero-order valence-electron chi connectivity index (χ0n) is 11.2. The first-order chi connectivity index (χ1) is 9.22. The molecule has 0 aliphatic carbocycles. The molecule has 1 aromatic rings. The van der Waals surface area contributed by atoms with E-state index in [1.165, 1.54) is 12.2 Å². The van der Waals surface area contributed by atoms with Crippen LogP contribution in [0.2, 0.25) is 0 Å². The van der Waals surface area contributed by atoms with Crippen LogP contribution in [0.25, 0.3) is 0 Å². The first-order valence-electron chi connectivity index (χ1n) is 6.82. The fourth-order valence-electron chi connectivity index (χ4n) is 3.20. The highest BCUT2D eigenvalue weighted by Crippen LogP contribution is 2.43. The molecule has 19 heavy (non-hydrogen) atoms. The first kappa shape index (κ1) is 13.8. The average molecular weight is 299 g/mol. The van der Waals surface area contributed by atoms with Crippen molar-refractivity contribution in [3.63, 3.8) is 0 Å². The fraction of sp³-hybridized carbons (Fsp3) is 0.769. The lowest BCUT2D eigenvalue weighted by atomic mass is 9.80. The van der Waals surface area contributed by atoms with Gasteiger partial charge in [0.1, 0.15) is 0 Å². The minimum Gasteiger partial charge on any atom is -0.374 e. The summed E-state index contributed by atoms with van der Waals surface area (Å²) in [5.74, 6) is 8.69. The van der Waals surface area contributed by atoms with Gasteiger partial charge in [0.05, 0.1) is 22.3 Å². The number of thiazole rings is 1. The van der Waals surface area contributed by atoms with Crippen LogP contribution in [0.1, 0.15) is 36.0 Å². The topological polar surface area (TPSA) is 60.2 Å². The van der Waals surface area contributed by atoms with Crippen molar-refractivity contribution in [2.24, 2.45) is 11.8 Å². The third-order valence-electron chi connectivity index (χ3n) is 4.20. The Kier molecular flexibility index (Phi) is 4.14. The van der Waals surface area contributed by atoms with Crippen molar-refractivity contribution in [2.75, 3.05) is 18.1 Å². The molecule has 2 aliphatic heterocycles. The van der Waals surface area contributed by atoms with Crippen LogP contribution in [-0.4, -0.2) is 28.7 Å². The molecule has 2 fully saturated rings. The number of nitrogens with two attached hydrogens (primary N) is 1. The first-order valence-corrected chi connectivity index (χ1v) is 8.86. The molecular formula is C13H21N3OS2. The zero-order valence-corrected chi connectivity index (χ0v) is 12.9. The molecule has 3 heterocycles. The van der Waals surface area contributed by atoms with E-state index < -0.39 is 0 Å².